The molecule has 1 aliphatic heterocycles. The van der Waals surface area contributed by atoms with Crippen LogP contribution < -0.4 is 15.6 Å². The number of carbonyl (C=O) groups is 1. The smallest absolute Gasteiger partial charge is 0.257 e. The third-order valence-corrected chi connectivity index (χ3v) is 5.60. The third-order valence-electron chi connectivity index (χ3n) is 5.60. The fraction of sp³-hybridized carbons (Fsp3) is 0.292. The van der Waals surface area contributed by atoms with Crippen LogP contribution in [-0.2, 0) is 26.1 Å². The first-order chi connectivity index (χ1) is 15.5. The van der Waals surface area contributed by atoms with Crippen molar-refractivity contribution in [2.24, 2.45) is 0 Å². The topological polar surface area (TPSA) is 76.5 Å². The minimum Gasteiger partial charge on any atom is -0.496 e. The largest absolute Gasteiger partial charge is 0.496 e. The molecule has 1 aromatic carbocycles. The molecule has 0 aliphatic carbocycles. The van der Waals surface area contributed by atoms with Crippen molar-refractivity contribution in [1.82, 2.24) is 19.8 Å². The lowest BCUT2D eigenvalue weighted by Crippen LogP contribution is -2.31. The number of pyridine rings is 2. The van der Waals surface area contributed by atoms with E-state index in [9.17, 15) is 14.0 Å². The Labute approximate surface area is 185 Å². The Kier molecular flexibility index (Phi) is 6.61. The predicted molar refractivity (Wildman–Crippen MR) is 118 cm³/mol. The van der Waals surface area contributed by atoms with Gasteiger partial charge in [-0.25, -0.2) is 4.39 Å². The fourth-order valence-electron chi connectivity index (χ4n) is 4.02. The summed E-state index contributed by atoms with van der Waals surface area (Å²) in [6.07, 6.45) is 4.09. The number of hydrogen-bond acceptors (Lipinski definition) is 5. The van der Waals surface area contributed by atoms with E-state index in [4.69, 9.17) is 4.74 Å². The Morgan fingerprint density at radius 1 is 1.16 bits per heavy atom. The molecule has 0 radical (unpaired) electrons. The molecule has 8 heteroatoms. The van der Waals surface area contributed by atoms with Crippen LogP contribution in [0.4, 0.5) is 4.39 Å². The molecule has 2 aromatic heterocycles. The Morgan fingerprint density at radius 3 is 2.75 bits per heavy atom. The van der Waals surface area contributed by atoms with Crippen LogP contribution in [0.1, 0.15) is 27.2 Å². The van der Waals surface area contributed by atoms with E-state index in [0.29, 0.717) is 42.9 Å². The average Bonchev–Trinajstić information content (AvgIpc) is 3.01. The molecule has 0 spiro atoms. The van der Waals surface area contributed by atoms with Crippen molar-refractivity contribution in [3.05, 3.63) is 93.4 Å². The first kappa shape index (κ1) is 21.7. The molecule has 0 unspecified atom stereocenters. The number of ether oxygens (including phenoxy) is 1. The summed E-state index contributed by atoms with van der Waals surface area (Å²) in [4.78, 5) is 32.3. The molecule has 0 saturated carbocycles. The highest BCUT2D eigenvalue weighted by atomic mass is 19.1. The predicted octanol–water partition coefficient (Wildman–Crippen LogP) is 2.38. The van der Waals surface area contributed by atoms with Crippen molar-refractivity contribution in [2.75, 3.05) is 20.2 Å². The van der Waals surface area contributed by atoms with E-state index in [0.717, 1.165) is 12.1 Å². The Bertz CT molecular complexity index is 1160. The summed E-state index contributed by atoms with van der Waals surface area (Å²) in [5, 5.41) is 2.84. The number of fused-ring (bicyclic) bond motifs is 1. The van der Waals surface area contributed by atoms with Gasteiger partial charge in [-0.3, -0.25) is 19.5 Å². The molecule has 0 bridgehead atoms. The second-order valence-corrected chi connectivity index (χ2v) is 7.72. The molecule has 3 aromatic rings. The molecule has 0 fully saturated rings. The summed E-state index contributed by atoms with van der Waals surface area (Å²) in [5.74, 6) is -0.461. The minimum absolute atomic E-state index is 0.172. The highest BCUT2D eigenvalue weighted by Crippen LogP contribution is 2.23. The molecule has 7 nitrogen and oxygen atoms in total. The lowest BCUT2D eigenvalue weighted by Gasteiger charge is -2.19. The van der Waals surface area contributed by atoms with Crippen LogP contribution in [-0.4, -0.2) is 40.6 Å². The number of nitrogens with zero attached hydrogens (tertiary/aromatic N) is 3. The quantitative estimate of drug-likeness (QED) is 0.642. The van der Waals surface area contributed by atoms with E-state index in [1.807, 2.05) is 18.3 Å². The van der Waals surface area contributed by atoms with Gasteiger partial charge in [-0.15, -0.1) is 0 Å². The van der Waals surface area contributed by atoms with E-state index in [1.54, 1.807) is 22.9 Å². The molecule has 1 aliphatic rings. The number of aromatic nitrogens is 2. The third kappa shape index (κ3) is 4.86. The van der Waals surface area contributed by atoms with Crippen LogP contribution in [0.15, 0.2) is 59.7 Å². The number of benzene rings is 1. The van der Waals surface area contributed by atoms with E-state index >= 15 is 0 Å². The lowest BCUT2D eigenvalue weighted by molar-refractivity contribution is 0.0945. The van der Waals surface area contributed by atoms with E-state index in [1.165, 1.54) is 25.3 Å². The van der Waals surface area contributed by atoms with Crippen LogP contribution in [0.3, 0.4) is 0 Å². The molecule has 0 saturated heterocycles. The van der Waals surface area contributed by atoms with Gasteiger partial charge in [-0.1, -0.05) is 18.2 Å². The van der Waals surface area contributed by atoms with Crippen molar-refractivity contribution >= 4 is 5.91 Å². The van der Waals surface area contributed by atoms with Gasteiger partial charge in [0.25, 0.3) is 11.5 Å². The molecule has 1 amide bonds. The van der Waals surface area contributed by atoms with Crippen molar-refractivity contribution < 1.29 is 13.9 Å². The summed E-state index contributed by atoms with van der Waals surface area (Å²) in [7, 11) is 1.45. The second-order valence-electron chi connectivity index (χ2n) is 7.72. The van der Waals surface area contributed by atoms with Crippen LogP contribution in [0.5, 0.6) is 5.75 Å². The minimum atomic E-state index is -0.358. The van der Waals surface area contributed by atoms with Gasteiger partial charge >= 0.3 is 0 Å². The van der Waals surface area contributed by atoms with Gasteiger partial charge in [-0.05, 0) is 29.3 Å². The van der Waals surface area contributed by atoms with E-state index in [2.05, 4.69) is 15.2 Å². The molecule has 4 rings (SSSR count). The summed E-state index contributed by atoms with van der Waals surface area (Å²) in [6, 6.07) is 11.4. The number of hydrogen-bond donors (Lipinski definition) is 1. The normalized spacial score (nSPS) is 13.8. The molecule has 1 N–H and O–H groups in total. The number of rotatable bonds is 6. The first-order valence-electron chi connectivity index (χ1n) is 10.5. The highest BCUT2D eigenvalue weighted by molar-refractivity contribution is 5.98. The highest BCUT2D eigenvalue weighted by Gasteiger charge is 2.25. The number of nitrogens with one attached hydrogen (secondary N) is 1. The van der Waals surface area contributed by atoms with Crippen molar-refractivity contribution in [1.29, 1.82) is 0 Å². The van der Waals surface area contributed by atoms with Crippen LogP contribution in [0, 0.1) is 5.82 Å². The molecular weight excluding hydrogens is 411 g/mol. The number of halogens is 1. The summed E-state index contributed by atoms with van der Waals surface area (Å²) < 4.78 is 20.5. The standard InChI is InChI=1S/C24H25FN4O3/c1-32-21-13-22(30)29-11-10-28(16-18-5-3-8-26-14-18)9-7-20(29)23(21)24(31)27-15-17-4-2-6-19(25)12-17/h2-6,8,12-14H,7,9-11,15-16H2,1H3,(H,27,31). The van der Waals surface area contributed by atoms with Crippen molar-refractivity contribution in [3.8, 4) is 5.75 Å². The summed E-state index contributed by atoms with van der Waals surface area (Å²) >= 11 is 0. The number of carbonyl (C=O) groups excluding carboxylic acids is 1. The molecule has 3 heterocycles. The van der Waals surface area contributed by atoms with Crippen LogP contribution in [0.2, 0.25) is 0 Å². The monoisotopic (exact) mass is 436 g/mol. The summed E-state index contributed by atoms with van der Waals surface area (Å²) in [5.41, 5.74) is 2.56. The van der Waals surface area contributed by atoms with Gasteiger partial charge < -0.3 is 14.6 Å². The van der Waals surface area contributed by atoms with Gasteiger partial charge in [0.15, 0.2) is 0 Å². The van der Waals surface area contributed by atoms with Gasteiger partial charge in [0.1, 0.15) is 17.1 Å². The maximum absolute atomic E-state index is 13.5. The van der Waals surface area contributed by atoms with Gasteiger partial charge in [0, 0.05) is 63.3 Å². The van der Waals surface area contributed by atoms with Crippen molar-refractivity contribution in [3.63, 3.8) is 0 Å². The first-order valence-corrected chi connectivity index (χ1v) is 10.5. The lowest BCUT2D eigenvalue weighted by atomic mass is 10.1. The Hall–Kier alpha value is -3.52. The molecule has 32 heavy (non-hydrogen) atoms. The van der Waals surface area contributed by atoms with E-state index < -0.39 is 0 Å². The zero-order chi connectivity index (χ0) is 22.5. The molecule has 0 atom stereocenters. The van der Waals surface area contributed by atoms with Crippen LogP contribution in [0.25, 0.3) is 0 Å². The zero-order valence-corrected chi connectivity index (χ0v) is 17.9. The second kappa shape index (κ2) is 9.74. The molecular formula is C24H25FN4O3. The Morgan fingerprint density at radius 2 is 2.00 bits per heavy atom. The SMILES string of the molecule is COc1cc(=O)n2c(c1C(=O)NCc1cccc(F)c1)CCN(Cc1cccnc1)CC2. The molecule has 166 valence electrons. The zero-order valence-electron chi connectivity index (χ0n) is 17.9. The number of amides is 1. The summed E-state index contributed by atoms with van der Waals surface area (Å²) in [6.45, 7) is 2.73. The fourth-order valence-corrected chi connectivity index (χ4v) is 4.02. The van der Waals surface area contributed by atoms with Gasteiger partial charge in [0.2, 0.25) is 0 Å². The number of methoxy groups -OCH3 is 1. The van der Waals surface area contributed by atoms with E-state index in [-0.39, 0.29) is 29.6 Å². The van der Waals surface area contributed by atoms with Gasteiger partial charge in [0.05, 0.1) is 7.11 Å². The Balaban J connectivity index is 1.57. The van der Waals surface area contributed by atoms with Crippen LogP contribution >= 0.6 is 0 Å². The van der Waals surface area contributed by atoms with Crippen molar-refractivity contribution in [2.45, 2.75) is 26.1 Å². The average molecular weight is 436 g/mol. The van der Waals surface area contributed by atoms with Gasteiger partial charge in [-0.2, -0.15) is 0 Å². The maximum Gasteiger partial charge on any atom is 0.257 e. The maximum atomic E-state index is 13.5.